The monoisotopic (exact) mass is 425 g/mol. The molecule has 1 amide bonds. The molecule has 0 saturated heterocycles. The number of halogens is 4. The highest BCUT2D eigenvalue weighted by Crippen LogP contribution is 2.18. The van der Waals surface area contributed by atoms with E-state index in [9.17, 15) is 9.59 Å². The molecule has 134 valence electrons. The van der Waals surface area contributed by atoms with Crippen LogP contribution in [0, 0.1) is 0 Å². The Morgan fingerprint density at radius 2 is 1.40 bits per heavy atom. The van der Waals surface area contributed by atoms with Crippen molar-refractivity contribution < 1.29 is 19.5 Å². The number of pyridine rings is 2. The first-order chi connectivity index (χ1) is 11.7. The van der Waals surface area contributed by atoms with Crippen LogP contribution >= 0.6 is 46.4 Å². The number of aromatic carboxylic acids is 1. The Balaban J connectivity index is 0.000000257. The van der Waals surface area contributed by atoms with E-state index in [4.69, 9.17) is 56.3 Å². The van der Waals surface area contributed by atoms with Gasteiger partial charge in [0.05, 0.1) is 18.2 Å². The lowest BCUT2D eigenvalue weighted by Gasteiger charge is -2.13. The molecule has 7 nitrogen and oxygen atoms in total. The zero-order valence-corrected chi connectivity index (χ0v) is 15.9. The Morgan fingerprint density at radius 1 is 0.960 bits per heavy atom. The Kier molecular flexibility index (Phi) is 8.34. The Morgan fingerprint density at radius 3 is 1.76 bits per heavy atom. The topological polar surface area (TPSA) is 92.6 Å². The van der Waals surface area contributed by atoms with E-state index in [1.165, 1.54) is 38.4 Å². The van der Waals surface area contributed by atoms with Crippen LogP contribution in [-0.2, 0) is 4.84 Å². The number of nitrogens with zero attached hydrogens (tertiary/aromatic N) is 3. The largest absolute Gasteiger partial charge is 0.478 e. The highest BCUT2D eigenvalue weighted by atomic mass is 35.5. The van der Waals surface area contributed by atoms with Gasteiger partial charge in [-0.2, -0.15) is 0 Å². The molecule has 0 aliphatic rings. The van der Waals surface area contributed by atoms with Crippen molar-refractivity contribution in [2.24, 2.45) is 0 Å². The highest BCUT2D eigenvalue weighted by Gasteiger charge is 2.15. The number of hydroxylamine groups is 2. The summed E-state index contributed by atoms with van der Waals surface area (Å²) < 4.78 is 0. The van der Waals surface area contributed by atoms with Crippen LogP contribution in [0.5, 0.6) is 0 Å². The van der Waals surface area contributed by atoms with E-state index in [-0.39, 0.29) is 37.6 Å². The molecule has 0 fully saturated rings. The van der Waals surface area contributed by atoms with Gasteiger partial charge < -0.3 is 5.11 Å². The third-order valence-electron chi connectivity index (χ3n) is 2.65. The van der Waals surface area contributed by atoms with E-state index in [1.54, 1.807) is 0 Å². The summed E-state index contributed by atoms with van der Waals surface area (Å²) in [4.78, 5) is 33.9. The fourth-order valence-electron chi connectivity index (χ4n) is 1.40. The van der Waals surface area contributed by atoms with Gasteiger partial charge in [-0.15, -0.1) is 0 Å². The van der Waals surface area contributed by atoms with Gasteiger partial charge >= 0.3 is 5.97 Å². The average molecular weight is 427 g/mol. The number of carboxylic acid groups (broad SMARTS) is 1. The third-order valence-corrected chi connectivity index (χ3v) is 3.65. The Labute approximate surface area is 163 Å². The zero-order valence-electron chi connectivity index (χ0n) is 12.8. The van der Waals surface area contributed by atoms with Crippen LogP contribution in [0.15, 0.2) is 24.3 Å². The summed E-state index contributed by atoms with van der Waals surface area (Å²) in [6, 6.07) is 5.66. The molecular weight excluding hydrogens is 416 g/mol. The summed E-state index contributed by atoms with van der Waals surface area (Å²) in [5, 5.41) is 9.93. The predicted molar refractivity (Wildman–Crippen MR) is 94.6 cm³/mol. The van der Waals surface area contributed by atoms with Gasteiger partial charge in [0, 0.05) is 7.05 Å². The van der Waals surface area contributed by atoms with E-state index in [2.05, 4.69) is 9.97 Å². The molecule has 0 aromatic carbocycles. The fourth-order valence-corrected chi connectivity index (χ4v) is 2.25. The van der Waals surface area contributed by atoms with Crippen LogP contribution in [0.4, 0.5) is 0 Å². The van der Waals surface area contributed by atoms with Crippen molar-refractivity contribution in [3.8, 4) is 0 Å². The number of carbonyl (C=O) groups is 2. The number of hydrogen-bond acceptors (Lipinski definition) is 5. The first-order valence-electron chi connectivity index (χ1n) is 6.37. The highest BCUT2D eigenvalue weighted by molar-refractivity contribution is 6.35. The summed E-state index contributed by atoms with van der Waals surface area (Å²) in [7, 11) is 2.86. The van der Waals surface area contributed by atoms with Gasteiger partial charge in [0.2, 0.25) is 0 Å². The first kappa shape index (κ1) is 21.4. The van der Waals surface area contributed by atoms with E-state index in [0.29, 0.717) is 0 Å². The Hall–Kier alpha value is -1.64. The molecule has 1 N–H and O–H groups in total. The van der Waals surface area contributed by atoms with Gasteiger partial charge in [-0.05, 0) is 24.3 Å². The minimum atomic E-state index is -1.11. The lowest BCUT2D eigenvalue weighted by Crippen LogP contribution is -2.25. The second-order valence-corrected chi connectivity index (χ2v) is 5.73. The van der Waals surface area contributed by atoms with Crippen LogP contribution in [0.2, 0.25) is 20.6 Å². The SMILES string of the molecule is CON(C)C(=O)c1ccc(Cl)nc1Cl.O=C(O)c1ccc(Cl)nc1Cl. The molecule has 0 saturated carbocycles. The van der Waals surface area contributed by atoms with Crippen molar-refractivity contribution in [1.82, 2.24) is 15.0 Å². The van der Waals surface area contributed by atoms with E-state index < -0.39 is 5.97 Å². The van der Waals surface area contributed by atoms with Gasteiger partial charge in [-0.25, -0.2) is 19.8 Å². The summed E-state index contributed by atoms with van der Waals surface area (Å²) >= 11 is 22.2. The van der Waals surface area contributed by atoms with E-state index >= 15 is 0 Å². The molecule has 0 atom stereocenters. The van der Waals surface area contributed by atoms with E-state index in [0.717, 1.165) is 5.06 Å². The van der Waals surface area contributed by atoms with Crippen molar-refractivity contribution in [1.29, 1.82) is 0 Å². The molecule has 2 rings (SSSR count). The second-order valence-electron chi connectivity index (χ2n) is 4.24. The molecule has 0 bridgehead atoms. The van der Waals surface area contributed by atoms with Gasteiger partial charge in [0.15, 0.2) is 0 Å². The number of carbonyl (C=O) groups excluding carboxylic acids is 1. The number of aromatic nitrogens is 2. The minimum Gasteiger partial charge on any atom is -0.478 e. The maximum Gasteiger partial charge on any atom is 0.338 e. The zero-order chi connectivity index (χ0) is 19.1. The third kappa shape index (κ3) is 6.30. The fraction of sp³-hybridized carbons (Fsp3) is 0.143. The number of amides is 1. The van der Waals surface area contributed by atoms with Gasteiger partial charge in [-0.1, -0.05) is 46.4 Å². The molecule has 0 radical (unpaired) electrons. The van der Waals surface area contributed by atoms with Crippen LogP contribution in [0.3, 0.4) is 0 Å². The molecule has 0 aliphatic heterocycles. The summed E-state index contributed by atoms with van der Waals surface area (Å²) in [6.45, 7) is 0. The smallest absolute Gasteiger partial charge is 0.338 e. The van der Waals surface area contributed by atoms with Crippen molar-refractivity contribution >= 4 is 58.3 Å². The number of hydrogen-bond donors (Lipinski definition) is 1. The van der Waals surface area contributed by atoms with Crippen LogP contribution in [-0.4, -0.2) is 46.2 Å². The molecule has 0 aliphatic carbocycles. The molecule has 2 aromatic rings. The molecular formula is C14H11Cl4N3O4. The van der Waals surface area contributed by atoms with Crippen molar-refractivity contribution in [3.63, 3.8) is 0 Å². The van der Waals surface area contributed by atoms with Crippen LogP contribution in [0.25, 0.3) is 0 Å². The van der Waals surface area contributed by atoms with Crippen LogP contribution < -0.4 is 0 Å². The first-order valence-corrected chi connectivity index (χ1v) is 7.88. The normalized spacial score (nSPS) is 9.84. The van der Waals surface area contributed by atoms with Gasteiger partial charge in [0.25, 0.3) is 5.91 Å². The predicted octanol–water partition coefficient (Wildman–Crippen LogP) is 4.11. The molecule has 25 heavy (non-hydrogen) atoms. The molecule has 2 heterocycles. The molecule has 2 aromatic heterocycles. The minimum absolute atomic E-state index is 0.0453. The number of carboxylic acids is 1. The molecule has 0 spiro atoms. The summed E-state index contributed by atoms with van der Waals surface area (Å²) in [5.74, 6) is -1.49. The number of rotatable bonds is 3. The van der Waals surface area contributed by atoms with Gasteiger partial charge in [-0.3, -0.25) is 9.63 Å². The second kappa shape index (κ2) is 9.74. The maximum atomic E-state index is 11.5. The molecule has 11 heteroatoms. The lowest BCUT2D eigenvalue weighted by molar-refractivity contribution is -0.0757. The summed E-state index contributed by atoms with van der Waals surface area (Å²) in [6.07, 6.45) is 0. The Bertz CT molecular complexity index is 789. The standard InChI is InChI=1S/C8H8Cl2N2O2.C6H3Cl2NO2/c1-12(14-2)8(13)5-3-4-6(9)11-7(5)10;7-4-2-1-3(6(10)11)5(8)9-4/h3-4H,1-2H3;1-2H,(H,10,11). The summed E-state index contributed by atoms with van der Waals surface area (Å²) in [5.41, 5.74) is 0.205. The average Bonchev–Trinajstić information content (AvgIpc) is 2.53. The lowest BCUT2D eigenvalue weighted by atomic mass is 10.3. The van der Waals surface area contributed by atoms with Crippen molar-refractivity contribution in [2.45, 2.75) is 0 Å². The maximum absolute atomic E-state index is 11.5. The quantitative estimate of drug-likeness (QED) is 0.586. The van der Waals surface area contributed by atoms with Gasteiger partial charge in [0.1, 0.15) is 20.6 Å². The van der Waals surface area contributed by atoms with Crippen molar-refractivity contribution in [2.75, 3.05) is 14.2 Å². The van der Waals surface area contributed by atoms with Crippen molar-refractivity contribution in [3.05, 3.63) is 56.0 Å². The van der Waals surface area contributed by atoms with Crippen LogP contribution in [0.1, 0.15) is 20.7 Å². The molecule has 0 unspecified atom stereocenters. The van der Waals surface area contributed by atoms with E-state index in [1.807, 2.05) is 0 Å².